The van der Waals surface area contributed by atoms with Gasteiger partial charge in [-0.25, -0.2) is 4.98 Å². The molecule has 0 N–H and O–H groups in total. The third-order valence-corrected chi connectivity index (χ3v) is 5.13. The predicted molar refractivity (Wildman–Crippen MR) is 118 cm³/mol. The van der Waals surface area contributed by atoms with Crippen LogP contribution in [0.15, 0.2) is 49.2 Å². The molecule has 0 amide bonds. The van der Waals surface area contributed by atoms with Gasteiger partial charge in [-0.15, -0.1) is 0 Å². The zero-order valence-electron chi connectivity index (χ0n) is 15.6. The van der Waals surface area contributed by atoms with Crippen molar-refractivity contribution in [3.05, 3.63) is 71.1 Å². The summed E-state index contributed by atoms with van der Waals surface area (Å²) in [5.41, 5.74) is 0.520. The first kappa shape index (κ1) is 21.1. The SMILES string of the molecule is CCOc1c(Br)cc(C=Nn2c(CC)nc3ccc(Br)cc3c2=O)cc1[N+](=O)[O-]. The Kier molecular flexibility index (Phi) is 6.43. The third-order valence-electron chi connectivity index (χ3n) is 4.05. The quantitative estimate of drug-likeness (QED) is 0.265. The van der Waals surface area contributed by atoms with Gasteiger partial charge in [0.25, 0.3) is 5.56 Å². The number of fused-ring (bicyclic) bond motifs is 1. The maximum Gasteiger partial charge on any atom is 0.312 e. The van der Waals surface area contributed by atoms with Gasteiger partial charge in [-0.05, 0) is 47.1 Å². The molecular formula is C19H16Br2N4O4. The zero-order chi connectivity index (χ0) is 21.1. The highest BCUT2D eigenvalue weighted by Gasteiger charge is 2.19. The highest BCUT2D eigenvalue weighted by molar-refractivity contribution is 9.10. The summed E-state index contributed by atoms with van der Waals surface area (Å²) in [7, 11) is 0. The molecule has 0 radical (unpaired) electrons. The number of ether oxygens (including phenoxy) is 1. The fourth-order valence-corrected chi connectivity index (χ4v) is 3.71. The summed E-state index contributed by atoms with van der Waals surface area (Å²) in [5.74, 6) is 0.638. The molecule has 3 rings (SSSR count). The average Bonchev–Trinajstić information content (AvgIpc) is 2.69. The Balaban J connectivity index is 2.12. The van der Waals surface area contributed by atoms with Crippen LogP contribution < -0.4 is 10.3 Å². The summed E-state index contributed by atoms with van der Waals surface area (Å²) in [5, 5.41) is 16.1. The highest BCUT2D eigenvalue weighted by atomic mass is 79.9. The van der Waals surface area contributed by atoms with Crippen molar-refractivity contribution in [2.24, 2.45) is 5.10 Å². The summed E-state index contributed by atoms with van der Waals surface area (Å²) in [6.07, 6.45) is 1.88. The normalized spacial score (nSPS) is 11.3. The summed E-state index contributed by atoms with van der Waals surface area (Å²) < 4.78 is 7.76. The van der Waals surface area contributed by atoms with E-state index >= 15 is 0 Å². The van der Waals surface area contributed by atoms with Gasteiger partial charge in [0.2, 0.25) is 5.75 Å². The lowest BCUT2D eigenvalue weighted by molar-refractivity contribution is -0.385. The van der Waals surface area contributed by atoms with Crippen LogP contribution in [0.2, 0.25) is 0 Å². The van der Waals surface area contributed by atoms with Crippen molar-refractivity contribution in [1.29, 1.82) is 0 Å². The largest absolute Gasteiger partial charge is 0.486 e. The lowest BCUT2D eigenvalue weighted by atomic mass is 10.2. The van der Waals surface area contributed by atoms with E-state index in [1.807, 2.05) is 13.0 Å². The highest BCUT2D eigenvalue weighted by Crippen LogP contribution is 2.36. The van der Waals surface area contributed by atoms with Crippen molar-refractivity contribution in [2.45, 2.75) is 20.3 Å². The molecular weight excluding hydrogens is 508 g/mol. The number of rotatable bonds is 6. The monoisotopic (exact) mass is 522 g/mol. The number of nitro benzene ring substituents is 1. The molecule has 1 aromatic heterocycles. The van der Waals surface area contributed by atoms with Gasteiger partial charge in [0.05, 0.1) is 33.1 Å². The Morgan fingerprint density at radius 1 is 1.28 bits per heavy atom. The number of nitrogens with zero attached hydrogens (tertiary/aromatic N) is 4. The fraction of sp³-hybridized carbons (Fsp3) is 0.211. The van der Waals surface area contributed by atoms with E-state index in [0.29, 0.717) is 39.8 Å². The van der Waals surface area contributed by atoms with Crippen molar-refractivity contribution in [3.8, 4) is 5.75 Å². The van der Waals surface area contributed by atoms with Crippen LogP contribution in [0.25, 0.3) is 10.9 Å². The Morgan fingerprint density at radius 3 is 2.69 bits per heavy atom. The van der Waals surface area contributed by atoms with E-state index in [9.17, 15) is 14.9 Å². The minimum Gasteiger partial charge on any atom is -0.486 e. The molecule has 0 saturated heterocycles. The first-order valence-corrected chi connectivity index (χ1v) is 10.3. The van der Waals surface area contributed by atoms with Gasteiger partial charge in [-0.1, -0.05) is 22.9 Å². The van der Waals surface area contributed by atoms with Crippen LogP contribution >= 0.6 is 31.9 Å². The number of hydrogen-bond donors (Lipinski definition) is 0. The first-order valence-electron chi connectivity index (χ1n) is 8.72. The summed E-state index contributed by atoms with van der Waals surface area (Å²) >= 11 is 6.66. The fourth-order valence-electron chi connectivity index (χ4n) is 2.76. The molecule has 0 unspecified atom stereocenters. The summed E-state index contributed by atoms with van der Waals surface area (Å²) in [4.78, 5) is 28.3. The Morgan fingerprint density at radius 2 is 2.03 bits per heavy atom. The van der Waals surface area contributed by atoms with E-state index in [2.05, 4.69) is 41.9 Å². The van der Waals surface area contributed by atoms with Crippen molar-refractivity contribution >= 4 is 54.7 Å². The third kappa shape index (κ3) is 4.38. The van der Waals surface area contributed by atoms with Gasteiger partial charge in [0, 0.05) is 22.5 Å². The number of hydrogen-bond acceptors (Lipinski definition) is 6. The minimum atomic E-state index is -0.522. The molecule has 0 aliphatic rings. The second-order valence-corrected chi connectivity index (χ2v) is 7.72. The second-order valence-electron chi connectivity index (χ2n) is 5.95. The van der Waals surface area contributed by atoms with Gasteiger partial charge >= 0.3 is 5.69 Å². The van der Waals surface area contributed by atoms with E-state index in [0.717, 1.165) is 4.47 Å². The van der Waals surface area contributed by atoms with Crippen molar-refractivity contribution in [3.63, 3.8) is 0 Å². The van der Waals surface area contributed by atoms with Gasteiger partial charge in [-0.2, -0.15) is 9.78 Å². The summed E-state index contributed by atoms with van der Waals surface area (Å²) in [6, 6.07) is 8.26. The molecule has 0 aliphatic heterocycles. The lowest BCUT2D eigenvalue weighted by Gasteiger charge is -2.09. The topological polar surface area (TPSA) is 99.6 Å². The first-order chi connectivity index (χ1) is 13.8. The molecule has 8 nitrogen and oxygen atoms in total. The minimum absolute atomic E-state index is 0.151. The standard InChI is InChI=1S/C19H16Br2N4O4/c1-3-17-23-15-6-5-12(20)9-13(15)19(26)24(17)22-10-11-7-14(21)18(29-4-2)16(8-11)25(27)28/h5-10H,3-4H2,1-2H3. The molecule has 150 valence electrons. The molecule has 0 saturated carbocycles. The molecule has 3 aromatic rings. The van der Waals surface area contributed by atoms with Crippen LogP contribution in [0.1, 0.15) is 25.2 Å². The lowest BCUT2D eigenvalue weighted by Crippen LogP contribution is -2.22. The Hall–Kier alpha value is -2.59. The number of halogens is 2. The van der Waals surface area contributed by atoms with Crippen molar-refractivity contribution in [2.75, 3.05) is 6.61 Å². The predicted octanol–water partition coefficient (Wildman–Crippen LogP) is 4.67. The number of benzene rings is 2. The van der Waals surface area contributed by atoms with Crippen LogP contribution in [-0.2, 0) is 6.42 Å². The second kappa shape index (κ2) is 8.83. The molecule has 10 heteroatoms. The number of aryl methyl sites for hydroxylation is 1. The van der Waals surface area contributed by atoms with Gasteiger partial charge in [-0.3, -0.25) is 14.9 Å². The van der Waals surface area contributed by atoms with Crippen LogP contribution in [0, 0.1) is 10.1 Å². The van der Waals surface area contributed by atoms with Crippen LogP contribution in [0.5, 0.6) is 5.75 Å². The smallest absolute Gasteiger partial charge is 0.312 e. The molecule has 1 heterocycles. The molecule has 29 heavy (non-hydrogen) atoms. The Labute approximate surface area is 182 Å². The van der Waals surface area contributed by atoms with Crippen molar-refractivity contribution < 1.29 is 9.66 Å². The van der Waals surface area contributed by atoms with Crippen LogP contribution in [-0.4, -0.2) is 27.4 Å². The van der Waals surface area contributed by atoms with E-state index in [1.54, 1.807) is 25.1 Å². The number of aromatic nitrogens is 2. The molecule has 0 spiro atoms. The molecule has 0 fully saturated rings. The van der Waals surface area contributed by atoms with E-state index in [1.165, 1.54) is 17.0 Å². The Bertz CT molecular complexity index is 1190. The molecule has 0 atom stereocenters. The number of nitro groups is 1. The van der Waals surface area contributed by atoms with Gasteiger partial charge < -0.3 is 4.74 Å². The molecule has 0 aliphatic carbocycles. The molecule has 0 bridgehead atoms. The van der Waals surface area contributed by atoms with Crippen LogP contribution in [0.4, 0.5) is 5.69 Å². The van der Waals surface area contributed by atoms with Crippen molar-refractivity contribution in [1.82, 2.24) is 9.66 Å². The summed E-state index contributed by atoms with van der Waals surface area (Å²) in [6.45, 7) is 3.91. The zero-order valence-corrected chi connectivity index (χ0v) is 18.7. The van der Waals surface area contributed by atoms with E-state index < -0.39 is 4.92 Å². The molecule has 2 aromatic carbocycles. The van der Waals surface area contributed by atoms with E-state index in [4.69, 9.17) is 4.74 Å². The maximum atomic E-state index is 12.9. The van der Waals surface area contributed by atoms with Crippen LogP contribution in [0.3, 0.4) is 0 Å². The van der Waals surface area contributed by atoms with E-state index in [-0.39, 0.29) is 17.0 Å². The maximum absolute atomic E-state index is 12.9. The van der Waals surface area contributed by atoms with Gasteiger partial charge in [0.1, 0.15) is 5.82 Å². The average molecular weight is 524 g/mol. The van der Waals surface area contributed by atoms with Gasteiger partial charge in [0.15, 0.2) is 0 Å².